The Labute approximate surface area is 151 Å². The van der Waals surface area contributed by atoms with Crippen molar-refractivity contribution in [3.8, 4) is 0 Å². The van der Waals surface area contributed by atoms with Gasteiger partial charge in [0.2, 0.25) is 0 Å². The van der Waals surface area contributed by atoms with Crippen molar-refractivity contribution in [2.45, 2.75) is 37.1 Å². The largest absolute Gasteiger partial charge is 0.481 e. The molecule has 7 heteroatoms. The second kappa shape index (κ2) is 8.20. The predicted molar refractivity (Wildman–Crippen MR) is 98.0 cm³/mol. The summed E-state index contributed by atoms with van der Waals surface area (Å²) in [5.74, 6) is -1.10. The Hall–Kier alpha value is -2.28. The van der Waals surface area contributed by atoms with Crippen LogP contribution in [0.1, 0.15) is 54.0 Å². The minimum absolute atomic E-state index is 0.186. The van der Waals surface area contributed by atoms with E-state index in [4.69, 9.17) is 0 Å². The van der Waals surface area contributed by atoms with E-state index < -0.39 is 12.0 Å². The van der Waals surface area contributed by atoms with E-state index in [1.54, 1.807) is 29.6 Å². The molecule has 0 saturated carbocycles. The lowest BCUT2D eigenvalue weighted by atomic mass is 10.0. The maximum Gasteiger partial charge on any atom is 0.305 e. The number of carboxylic acid groups (broad SMARTS) is 1. The molecular formula is C18H23N3O3S. The molecule has 1 amide bonds. The van der Waals surface area contributed by atoms with Crippen LogP contribution in [0.4, 0.5) is 0 Å². The minimum atomic E-state index is -0.969. The summed E-state index contributed by atoms with van der Waals surface area (Å²) in [5, 5.41) is 16.2. The number of carboxylic acids is 1. The maximum absolute atomic E-state index is 12.5. The number of hydrogen-bond donors (Lipinski definition) is 2. The Morgan fingerprint density at radius 3 is 2.40 bits per heavy atom. The standard InChI is InChI=1S/C18H23N3O3S/c1-11(2)16-9-15(20-21(16)3)18(24)19-14(10-17(22)23)12-5-7-13(25-4)8-6-12/h5-9,11,14H,10H2,1-4H3,(H,19,24)(H,22,23). The van der Waals surface area contributed by atoms with Gasteiger partial charge in [-0.15, -0.1) is 11.8 Å². The molecule has 0 saturated heterocycles. The van der Waals surface area contributed by atoms with Crippen LogP contribution in [0.5, 0.6) is 0 Å². The van der Waals surface area contributed by atoms with E-state index in [-0.39, 0.29) is 18.2 Å². The van der Waals surface area contributed by atoms with E-state index in [0.29, 0.717) is 5.69 Å². The molecule has 1 aromatic carbocycles. The summed E-state index contributed by atoms with van der Waals surface area (Å²) in [7, 11) is 1.79. The number of nitrogens with zero attached hydrogens (tertiary/aromatic N) is 2. The monoisotopic (exact) mass is 361 g/mol. The molecule has 1 aromatic heterocycles. The molecular weight excluding hydrogens is 338 g/mol. The third-order valence-electron chi connectivity index (χ3n) is 3.94. The Bertz CT molecular complexity index is 753. The average Bonchev–Trinajstić information content (AvgIpc) is 2.96. The normalized spacial score (nSPS) is 12.2. The molecule has 0 bridgehead atoms. The molecule has 6 nitrogen and oxygen atoms in total. The number of carbonyl (C=O) groups is 2. The first-order valence-electron chi connectivity index (χ1n) is 8.02. The van der Waals surface area contributed by atoms with Gasteiger partial charge in [0.05, 0.1) is 12.5 Å². The number of carbonyl (C=O) groups excluding carboxylic acids is 1. The summed E-state index contributed by atoms with van der Waals surface area (Å²) in [6, 6.07) is 8.66. The van der Waals surface area contributed by atoms with Gasteiger partial charge in [-0.2, -0.15) is 5.10 Å². The van der Waals surface area contributed by atoms with Gasteiger partial charge in [-0.1, -0.05) is 26.0 Å². The molecule has 25 heavy (non-hydrogen) atoms. The van der Waals surface area contributed by atoms with E-state index >= 15 is 0 Å². The number of aryl methyl sites for hydroxylation is 1. The molecule has 1 atom stereocenters. The van der Waals surface area contributed by atoms with Gasteiger partial charge in [0.25, 0.3) is 5.91 Å². The molecule has 0 spiro atoms. The number of nitrogens with one attached hydrogen (secondary N) is 1. The van der Waals surface area contributed by atoms with Crippen molar-refractivity contribution in [2.24, 2.45) is 7.05 Å². The maximum atomic E-state index is 12.5. The van der Waals surface area contributed by atoms with Gasteiger partial charge in [-0.05, 0) is 35.9 Å². The Morgan fingerprint density at radius 1 is 1.28 bits per heavy atom. The number of hydrogen-bond acceptors (Lipinski definition) is 4. The summed E-state index contributed by atoms with van der Waals surface area (Å²) in [4.78, 5) is 24.8. The Kier molecular flexibility index (Phi) is 6.25. The van der Waals surface area contributed by atoms with Crippen LogP contribution >= 0.6 is 11.8 Å². The summed E-state index contributed by atoms with van der Waals surface area (Å²) >= 11 is 1.60. The highest BCUT2D eigenvalue weighted by atomic mass is 32.2. The van der Waals surface area contributed by atoms with Crippen LogP contribution in [0.15, 0.2) is 35.2 Å². The number of aromatic nitrogens is 2. The van der Waals surface area contributed by atoms with Crippen molar-refractivity contribution >= 4 is 23.6 Å². The number of aliphatic carboxylic acids is 1. The van der Waals surface area contributed by atoms with Gasteiger partial charge in [0, 0.05) is 17.6 Å². The third-order valence-corrected chi connectivity index (χ3v) is 4.69. The van der Waals surface area contributed by atoms with Crippen LogP contribution in [-0.4, -0.2) is 33.0 Å². The molecule has 134 valence electrons. The van der Waals surface area contributed by atoms with Crippen LogP contribution < -0.4 is 5.32 Å². The summed E-state index contributed by atoms with van der Waals surface area (Å²) in [5.41, 5.74) is 2.00. The topological polar surface area (TPSA) is 84.2 Å². The molecule has 1 unspecified atom stereocenters. The van der Waals surface area contributed by atoms with Gasteiger partial charge >= 0.3 is 5.97 Å². The second-order valence-electron chi connectivity index (χ2n) is 6.13. The molecule has 0 fully saturated rings. The van der Waals surface area contributed by atoms with Gasteiger partial charge < -0.3 is 10.4 Å². The first-order valence-corrected chi connectivity index (χ1v) is 9.24. The molecule has 1 heterocycles. The fourth-order valence-corrected chi connectivity index (χ4v) is 3.04. The lowest BCUT2D eigenvalue weighted by molar-refractivity contribution is -0.137. The fraction of sp³-hybridized carbons (Fsp3) is 0.389. The molecule has 2 aromatic rings. The summed E-state index contributed by atoms with van der Waals surface area (Å²) in [6.07, 6.45) is 1.78. The van der Waals surface area contributed by atoms with Crippen LogP contribution in [0.2, 0.25) is 0 Å². The number of benzene rings is 1. The highest BCUT2D eigenvalue weighted by Gasteiger charge is 2.21. The second-order valence-corrected chi connectivity index (χ2v) is 7.01. The van der Waals surface area contributed by atoms with Crippen LogP contribution in [-0.2, 0) is 11.8 Å². The lowest BCUT2D eigenvalue weighted by Crippen LogP contribution is -2.30. The Morgan fingerprint density at radius 2 is 1.92 bits per heavy atom. The van der Waals surface area contributed by atoms with Crippen molar-refractivity contribution in [1.29, 1.82) is 0 Å². The van der Waals surface area contributed by atoms with Crippen molar-refractivity contribution in [3.63, 3.8) is 0 Å². The Balaban J connectivity index is 2.22. The smallest absolute Gasteiger partial charge is 0.305 e. The zero-order valence-corrected chi connectivity index (χ0v) is 15.6. The highest BCUT2D eigenvalue weighted by molar-refractivity contribution is 7.98. The fourth-order valence-electron chi connectivity index (χ4n) is 2.63. The van der Waals surface area contributed by atoms with E-state index in [1.165, 1.54) is 0 Å². The predicted octanol–water partition coefficient (Wildman–Crippen LogP) is 3.21. The van der Waals surface area contributed by atoms with Gasteiger partial charge in [0.15, 0.2) is 0 Å². The average molecular weight is 361 g/mol. The zero-order chi connectivity index (χ0) is 18.6. The van der Waals surface area contributed by atoms with Crippen LogP contribution in [0, 0.1) is 0 Å². The number of thioether (sulfide) groups is 1. The van der Waals surface area contributed by atoms with Crippen molar-refractivity contribution in [2.75, 3.05) is 6.26 Å². The first kappa shape index (κ1) is 19.1. The molecule has 0 aliphatic rings. The molecule has 0 aliphatic heterocycles. The summed E-state index contributed by atoms with van der Waals surface area (Å²) < 4.78 is 1.68. The van der Waals surface area contributed by atoms with Crippen molar-refractivity contribution in [1.82, 2.24) is 15.1 Å². The highest BCUT2D eigenvalue weighted by Crippen LogP contribution is 2.22. The van der Waals surface area contributed by atoms with Crippen molar-refractivity contribution in [3.05, 3.63) is 47.3 Å². The third kappa shape index (κ3) is 4.85. The number of rotatable bonds is 7. The van der Waals surface area contributed by atoms with Crippen molar-refractivity contribution < 1.29 is 14.7 Å². The molecule has 0 aliphatic carbocycles. The van der Waals surface area contributed by atoms with Gasteiger partial charge in [-0.3, -0.25) is 14.3 Å². The molecule has 2 N–H and O–H groups in total. The quantitative estimate of drug-likeness (QED) is 0.740. The SMILES string of the molecule is CSc1ccc(C(CC(=O)O)NC(=O)c2cc(C(C)C)n(C)n2)cc1. The lowest BCUT2D eigenvalue weighted by Gasteiger charge is -2.17. The van der Waals surface area contributed by atoms with E-state index in [1.807, 2.05) is 44.4 Å². The van der Waals surface area contributed by atoms with Gasteiger partial charge in [-0.25, -0.2) is 0 Å². The number of amides is 1. The van der Waals surface area contributed by atoms with E-state index in [9.17, 15) is 14.7 Å². The molecule has 0 radical (unpaired) electrons. The minimum Gasteiger partial charge on any atom is -0.481 e. The van der Waals surface area contributed by atoms with Crippen LogP contribution in [0.25, 0.3) is 0 Å². The zero-order valence-electron chi connectivity index (χ0n) is 14.8. The van der Waals surface area contributed by atoms with E-state index in [2.05, 4.69) is 10.4 Å². The van der Waals surface area contributed by atoms with Crippen LogP contribution in [0.3, 0.4) is 0 Å². The van der Waals surface area contributed by atoms with E-state index in [0.717, 1.165) is 16.2 Å². The summed E-state index contributed by atoms with van der Waals surface area (Å²) in [6.45, 7) is 4.05. The first-order chi connectivity index (χ1) is 11.8. The molecule has 2 rings (SSSR count). The van der Waals surface area contributed by atoms with Gasteiger partial charge in [0.1, 0.15) is 5.69 Å².